The number of carbonyl (C=O) groups excluding carboxylic acids is 2. The van der Waals surface area contributed by atoms with Gasteiger partial charge in [0.05, 0.1) is 50.7 Å². The molecule has 0 aromatic carbocycles. The minimum Gasteiger partial charge on any atom is -0.394 e. The molecule has 2 aliphatic rings. The zero-order valence-electron chi connectivity index (χ0n) is 61.2. The first-order valence-electron chi connectivity index (χ1n) is 39.6. The Hall–Kier alpha value is -1.70. The number of unbranched alkanes of at least 4 members (excludes halogenated alkanes) is 44. The molecule has 20 heteroatoms. The summed E-state index contributed by atoms with van der Waals surface area (Å²) in [5, 5.41) is 128. The highest BCUT2D eigenvalue weighted by atomic mass is 16.7. The molecule has 14 N–H and O–H groups in total. The summed E-state index contributed by atoms with van der Waals surface area (Å²) in [7, 11) is 0. The molecule has 2 heterocycles. The highest BCUT2D eigenvalue weighted by Crippen LogP contribution is 2.26. The molecule has 10 unspecified atom stereocenters. The van der Waals surface area contributed by atoms with Gasteiger partial charge in [0.25, 0.3) is 0 Å². The lowest BCUT2D eigenvalue weighted by molar-refractivity contribution is -0.303. The Balaban J connectivity index is 0.00000109. The van der Waals surface area contributed by atoms with Crippen molar-refractivity contribution in [3.8, 4) is 0 Å². The van der Waals surface area contributed by atoms with Crippen LogP contribution in [-0.2, 0) is 28.5 Å². The summed E-state index contributed by atoms with van der Waals surface area (Å²) in [4.78, 5) is 24.6. The van der Waals surface area contributed by atoms with Gasteiger partial charge in [0.2, 0.25) is 11.8 Å². The summed E-state index contributed by atoms with van der Waals surface area (Å²) >= 11 is 0. The topological polar surface area (TPSA) is 338 Å². The Kier molecular flexibility index (Phi) is 60.6. The molecule has 0 aromatic rings. The maximum atomic E-state index is 13.0. The smallest absolute Gasteiger partial charge is 0.220 e. The fourth-order valence-electron chi connectivity index (χ4n) is 13.1. The molecule has 20 nitrogen and oxygen atoms in total. The lowest BCUT2D eigenvalue weighted by atomic mass is 9.98. The average molecular weight is 1380 g/mol. The Morgan fingerprint density at radius 2 is 0.583 bits per heavy atom. The van der Waals surface area contributed by atoms with Gasteiger partial charge in [0.1, 0.15) is 61.0 Å². The van der Waals surface area contributed by atoms with Gasteiger partial charge in [-0.1, -0.05) is 316 Å². The molecule has 0 aliphatic carbocycles. The number of carbonyl (C=O) groups is 2. The van der Waals surface area contributed by atoms with Gasteiger partial charge < -0.3 is 90.9 Å². The van der Waals surface area contributed by atoms with E-state index in [1.807, 2.05) is 0 Å². The van der Waals surface area contributed by atoms with E-state index in [-0.39, 0.29) is 25.5 Å². The largest absolute Gasteiger partial charge is 0.394 e. The van der Waals surface area contributed by atoms with Crippen molar-refractivity contribution in [3.63, 3.8) is 0 Å². The minimum absolute atomic E-state index is 0.252. The summed E-state index contributed by atoms with van der Waals surface area (Å²) in [5.41, 5.74) is 0. The van der Waals surface area contributed by atoms with Gasteiger partial charge >= 0.3 is 0 Å². The third-order valence-corrected chi connectivity index (χ3v) is 19.6. The van der Waals surface area contributed by atoms with Crippen LogP contribution in [-0.4, -0.2) is 197 Å². The van der Waals surface area contributed by atoms with Crippen molar-refractivity contribution in [2.24, 2.45) is 0 Å². The molecule has 2 aliphatic heterocycles. The van der Waals surface area contributed by atoms with Crippen LogP contribution in [0.4, 0.5) is 0 Å². The number of rotatable bonds is 64. The number of hydrogen-bond acceptors (Lipinski definition) is 18. The van der Waals surface area contributed by atoms with Crippen molar-refractivity contribution in [1.82, 2.24) is 10.6 Å². The molecule has 0 aromatic heterocycles. The molecule has 96 heavy (non-hydrogen) atoms. The van der Waals surface area contributed by atoms with Crippen molar-refractivity contribution in [2.75, 3.05) is 26.4 Å². The molecule has 2 saturated heterocycles. The fourth-order valence-corrected chi connectivity index (χ4v) is 13.1. The zero-order chi connectivity index (χ0) is 70.8. The molecule has 2 amide bonds. The standard InChI is InChI=1S/C50H99NO9.C26H51NO9/c1-3-5-7-9-11-13-15-17-18-19-20-21-22-23-24-25-26-27-29-31-33-35-37-39-45(54)51-42(41-59-50-49(58)48(57)47(56)44(40-52)60-50)46(55)43(53)38-36-34-32-30-28-16-14-12-10-8-6-4-2;1-3-4-5-6-7-8-9-10-11-12-13-14-15-20(30)22(31)19(27-18(2)29)17-35-26-25(34)24(33)23(32)21(16-28)36-26/h42-44,46-50,52-53,55-58H,3-41H2,1-2H3,(H,51,54);19-26,28,30-34H,3-17H2,1-2H3,(H,27,29)/t42-,43+,44?,46-,47?,48?,49?,50?;19-,20+,21?,22-,23?,24?,25?,26?/m00/s1. The van der Waals surface area contributed by atoms with E-state index in [4.69, 9.17) is 18.9 Å². The van der Waals surface area contributed by atoms with Crippen LogP contribution in [0.5, 0.6) is 0 Å². The molecule has 2 rings (SSSR count). The lowest BCUT2D eigenvalue weighted by Gasteiger charge is -2.40. The van der Waals surface area contributed by atoms with Crippen LogP contribution < -0.4 is 10.6 Å². The number of amides is 2. The quantitative estimate of drug-likeness (QED) is 0.0252. The van der Waals surface area contributed by atoms with Gasteiger partial charge in [-0.05, 0) is 19.3 Å². The van der Waals surface area contributed by atoms with Gasteiger partial charge in [-0.25, -0.2) is 0 Å². The molecule has 16 atom stereocenters. The second kappa shape index (κ2) is 63.0. The van der Waals surface area contributed by atoms with Crippen molar-refractivity contribution in [1.29, 1.82) is 0 Å². The van der Waals surface area contributed by atoms with E-state index < -0.39 is 117 Å². The zero-order valence-corrected chi connectivity index (χ0v) is 61.2. The van der Waals surface area contributed by atoms with E-state index in [2.05, 4.69) is 31.4 Å². The van der Waals surface area contributed by atoms with Crippen LogP contribution in [0, 0.1) is 0 Å². The van der Waals surface area contributed by atoms with Gasteiger partial charge in [0.15, 0.2) is 12.6 Å². The van der Waals surface area contributed by atoms with Gasteiger partial charge in [0, 0.05) is 13.3 Å². The van der Waals surface area contributed by atoms with Crippen molar-refractivity contribution >= 4 is 11.8 Å². The predicted octanol–water partition coefficient (Wildman–Crippen LogP) is 11.6. The minimum atomic E-state index is -1.60. The molecule has 0 spiro atoms. The van der Waals surface area contributed by atoms with Crippen molar-refractivity contribution in [3.05, 3.63) is 0 Å². The first-order chi connectivity index (χ1) is 46.5. The van der Waals surface area contributed by atoms with Crippen LogP contribution in [0.15, 0.2) is 0 Å². The van der Waals surface area contributed by atoms with Crippen molar-refractivity contribution in [2.45, 2.75) is 447 Å². The molecule has 0 radical (unpaired) electrons. The Labute approximate surface area is 583 Å². The van der Waals surface area contributed by atoms with Crippen LogP contribution in [0.3, 0.4) is 0 Å². The Morgan fingerprint density at radius 3 is 0.833 bits per heavy atom. The predicted molar refractivity (Wildman–Crippen MR) is 381 cm³/mol. The van der Waals surface area contributed by atoms with E-state index in [9.17, 15) is 70.9 Å². The lowest BCUT2D eigenvalue weighted by Crippen LogP contribution is -2.60. The van der Waals surface area contributed by atoms with E-state index in [1.165, 1.54) is 244 Å². The fraction of sp³-hybridized carbons (Fsp3) is 0.974. The number of nitrogens with one attached hydrogen (secondary N) is 2. The van der Waals surface area contributed by atoms with Crippen LogP contribution in [0.2, 0.25) is 0 Å². The second-order valence-electron chi connectivity index (χ2n) is 28.5. The molecular formula is C76H150N2O18. The third-order valence-electron chi connectivity index (χ3n) is 19.6. The monoisotopic (exact) mass is 1380 g/mol. The van der Waals surface area contributed by atoms with E-state index in [0.717, 1.165) is 64.2 Å². The molecule has 0 saturated carbocycles. The summed E-state index contributed by atoms with van der Waals surface area (Å²) in [6, 6.07) is -1.97. The Bertz CT molecular complexity index is 1730. The van der Waals surface area contributed by atoms with Gasteiger partial charge in [-0.2, -0.15) is 0 Å². The maximum absolute atomic E-state index is 13.0. The number of aliphatic hydroxyl groups is 12. The third kappa shape index (κ3) is 46.0. The van der Waals surface area contributed by atoms with E-state index >= 15 is 0 Å². The first kappa shape index (κ1) is 92.3. The van der Waals surface area contributed by atoms with Crippen LogP contribution in [0.1, 0.15) is 349 Å². The number of ether oxygens (including phenoxy) is 4. The molecule has 572 valence electrons. The van der Waals surface area contributed by atoms with Gasteiger partial charge in [-0.15, -0.1) is 0 Å². The summed E-state index contributed by atoms with van der Waals surface area (Å²) in [6.07, 6.45) is 40.5. The normalized spacial score (nSPS) is 23.2. The van der Waals surface area contributed by atoms with E-state index in [1.54, 1.807) is 0 Å². The summed E-state index contributed by atoms with van der Waals surface area (Å²) in [5.74, 6) is -0.688. The highest BCUT2D eigenvalue weighted by molar-refractivity contribution is 5.76. The highest BCUT2D eigenvalue weighted by Gasteiger charge is 2.46. The number of aliphatic hydroxyl groups excluding tert-OH is 12. The van der Waals surface area contributed by atoms with Crippen molar-refractivity contribution < 1.29 is 89.8 Å². The molecular weight excluding hydrogens is 1230 g/mol. The summed E-state index contributed by atoms with van der Waals surface area (Å²) < 4.78 is 21.9. The first-order valence-corrected chi connectivity index (χ1v) is 39.6. The second-order valence-corrected chi connectivity index (χ2v) is 28.5. The van der Waals surface area contributed by atoms with Gasteiger partial charge in [-0.3, -0.25) is 9.59 Å². The Morgan fingerprint density at radius 1 is 0.344 bits per heavy atom. The van der Waals surface area contributed by atoms with Crippen LogP contribution >= 0.6 is 0 Å². The molecule has 0 bridgehead atoms. The molecule has 2 fully saturated rings. The maximum Gasteiger partial charge on any atom is 0.220 e. The SMILES string of the molecule is CCCCCCCCCCCCCCCCCCCCCCCCCC(=O)N[C@@H](COC1OC(CO)C(O)C(O)C1O)[C@H](O)[C@H](O)CCCCCCCCCCCCCC.CCCCCCCCCCCCCC[C@@H](O)[C@@H](O)[C@H](COC1OC(CO)C(O)C(O)C1O)NC(C)=O. The number of hydrogen-bond donors (Lipinski definition) is 14. The average Bonchev–Trinajstić information content (AvgIpc) is 0.840. The van der Waals surface area contributed by atoms with E-state index in [0.29, 0.717) is 12.8 Å². The summed E-state index contributed by atoms with van der Waals surface area (Å²) in [6.45, 7) is 6.21. The van der Waals surface area contributed by atoms with Crippen LogP contribution in [0.25, 0.3) is 0 Å².